The van der Waals surface area contributed by atoms with Crippen LogP contribution in [0.5, 0.6) is 0 Å². The van der Waals surface area contributed by atoms with Crippen LogP contribution in [-0.2, 0) is 0 Å². The predicted molar refractivity (Wildman–Crippen MR) is 68.1 cm³/mol. The van der Waals surface area contributed by atoms with Gasteiger partial charge in [0.25, 0.3) is 0 Å². The Bertz CT molecular complexity index is 166. The van der Waals surface area contributed by atoms with Crippen LogP contribution in [0.1, 0.15) is 59.8 Å². The molecule has 0 aromatic carbocycles. The molecule has 1 heterocycles. The molecule has 2 aliphatic rings. The number of rotatable bonds is 2. The minimum atomic E-state index is 0.806. The zero-order valence-electron chi connectivity index (χ0n) is 11.2. The second kappa shape index (κ2) is 5.89. The van der Waals surface area contributed by atoms with Crippen molar-refractivity contribution in [2.45, 2.75) is 59.8 Å². The van der Waals surface area contributed by atoms with Crippen LogP contribution in [0.25, 0.3) is 0 Å². The van der Waals surface area contributed by atoms with Gasteiger partial charge in [-0.05, 0) is 56.7 Å². The van der Waals surface area contributed by atoms with Gasteiger partial charge in [0.05, 0.1) is 0 Å². The van der Waals surface area contributed by atoms with Gasteiger partial charge in [0.15, 0.2) is 0 Å². The lowest BCUT2D eigenvalue weighted by Crippen LogP contribution is -2.48. The molecule has 1 saturated heterocycles. The van der Waals surface area contributed by atoms with E-state index in [1.165, 1.54) is 51.7 Å². The molecule has 15 heavy (non-hydrogen) atoms. The fraction of sp³-hybridized carbons (Fsp3) is 1.00. The Hall–Kier alpha value is -0.0400. The van der Waals surface area contributed by atoms with Gasteiger partial charge in [-0.25, -0.2) is 0 Å². The molecule has 2 fully saturated rings. The van der Waals surface area contributed by atoms with E-state index in [1.54, 1.807) is 0 Å². The number of likely N-dealkylation sites (tertiary alicyclic amines) is 1. The maximum atomic E-state index is 2.61. The van der Waals surface area contributed by atoms with Gasteiger partial charge in [-0.2, -0.15) is 0 Å². The molecule has 0 N–H and O–H groups in total. The number of nitrogens with zero attached hydrogens (tertiary/aromatic N) is 1. The molecule has 0 amide bonds. The first-order valence-electron chi connectivity index (χ1n) is 7.03. The first kappa shape index (κ1) is 13.0. The summed E-state index contributed by atoms with van der Waals surface area (Å²) in [6, 6.07) is 0. The lowest BCUT2D eigenvalue weighted by atomic mass is 9.55. The average molecular weight is 211 g/mol. The van der Waals surface area contributed by atoms with Crippen molar-refractivity contribution in [3.8, 4) is 0 Å². The van der Waals surface area contributed by atoms with Crippen molar-refractivity contribution >= 4 is 0 Å². The highest BCUT2D eigenvalue weighted by atomic mass is 15.1. The Balaban J connectivity index is 0.000000531. The van der Waals surface area contributed by atoms with E-state index in [0.29, 0.717) is 0 Å². The Kier molecular flexibility index (Phi) is 5.11. The van der Waals surface area contributed by atoms with Crippen molar-refractivity contribution in [3.63, 3.8) is 0 Å². The molecule has 1 heteroatoms. The average Bonchev–Trinajstić information content (AvgIpc) is 2.31. The summed E-state index contributed by atoms with van der Waals surface area (Å²) in [7, 11) is 0. The topological polar surface area (TPSA) is 3.24 Å². The molecule has 1 aliphatic carbocycles. The minimum absolute atomic E-state index is 0.806. The van der Waals surface area contributed by atoms with E-state index in [-0.39, 0.29) is 0 Å². The van der Waals surface area contributed by atoms with Crippen molar-refractivity contribution < 1.29 is 0 Å². The number of hydrogen-bond donors (Lipinski definition) is 0. The van der Waals surface area contributed by atoms with Crippen LogP contribution in [0, 0.1) is 11.3 Å². The molecule has 0 radical (unpaired) electrons. The normalized spacial score (nSPS) is 29.2. The molecule has 1 saturated carbocycles. The van der Waals surface area contributed by atoms with Crippen molar-refractivity contribution in [3.05, 3.63) is 0 Å². The monoisotopic (exact) mass is 211 g/mol. The molecule has 2 rings (SSSR count). The third-order valence-electron chi connectivity index (χ3n) is 4.65. The fourth-order valence-corrected chi connectivity index (χ4v) is 3.37. The summed E-state index contributed by atoms with van der Waals surface area (Å²) in [6.07, 6.45) is 7.44. The van der Waals surface area contributed by atoms with E-state index < -0.39 is 0 Å². The minimum Gasteiger partial charge on any atom is -0.304 e. The Morgan fingerprint density at radius 1 is 1.07 bits per heavy atom. The first-order chi connectivity index (χ1) is 7.30. The molecular weight excluding hydrogens is 182 g/mol. The second-order valence-electron chi connectivity index (χ2n) is 4.94. The lowest BCUT2D eigenvalue weighted by Gasteiger charge is -2.54. The first-order valence-corrected chi connectivity index (χ1v) is 7.03. The third kappa shape index (κ3) is 2.55. The summed E-state index contributed by atoms with van der Waals surface area (Å²) in [6.45, 7) is 12.7. The summed E-state index contributed by atoms with van der Waals surface area (Å²) >= 11 is 0. The fourth-order valence-electron chi connectivity index (χ4n) is 3.37. The van der Waals surface area contributed by atoms with Crippen LogP contribution in [0.4, 0.5) is 0 Å². The van der Waals surface area contributed by atoms with Crippen molar-refractivity contribution in [2.75, 3.05) is 19.6 Å². The zero-order valence-corrected chi connectivity index (χ0v) is 11.2. The molecule has 1 spiro atoms. The highest BCUT2D eigenvalue weighted by Crippen LogP contribution is 2.54. The van der Waals surface area contributed by atoms with Crippen LogP contribution in [0.2, 0.25) is 0 Å². The molecule has 1 aliphatic heterocycles. The van der Waals surface area contributed by atoms with Crippen molar-refractivity contribution in [2.24, 2.45) is 11.3 Å². The standard InChI is InChI=1S/C12H23N.C2H6/c1-3-11-5-6-12(11)7-9-13(4-2)10-8-12;1-2/h11H,3-10H2,1-2H3;1-2H3. The van der Waals surface area contributed by atoms with Crippen molar-refractivity contribution in [1.82, 2.24) is 4.90 Å². The van der Waals surface area contributed by atoms with E-state index in [0.717, 1.165) is 11.3 Å². The Morgan fingerprint density at radius 2 is 1.67 bits per heavy atom. The van der Waals surface area contributed by atoms with Gasteiger partial charge in [0, 0.05) is 0 Å². The number of piperidine rings is 1. The molecule has 1 atom stereocenters. The number of hydrogen-bond acceptors (Lipinski definition) is 1. The molecule has 0 bridgehead atoms. The molecular formula is C14H29N. The maximum absolute atomic E-state index is 2.61. The molecule has 1 nitrogen and oxygen atoms in total. The highest BCUT2D eigenvalue weighted by molar-refractivity contribution is 4.97. The van der Waals surface area contributed by atoms with E-state index in [9.17, 15) is 0 Å². The van der Waals surface area contributed by atoms with Crippen LogP contribution in [0.3, 0.4) is 0 Å². The van der Waals surface area contributed by atoms with Crippen LogP contribution < -0.4 is 0 Å². The SMILES string of the molecule is CC.CCC1CCC12CCN(CC)CC2. The van der Waals surface area contributed by atoms with Gasteiger partial charge in [-0.3, -0.25) is 0 Å². The van der Waals surface area contributed by atoms with Crippen molar-refractivity contribution in [1.29, 1.82) is 0 Å². The molecule has 0 aromatic rings. The smallest absolute Gasteiger partial charge is 0.00134 e. The van der Waals surface area contributed by atoms with Gasteiger partial charge in [0.2, 0.25) is 0 Å². The van der Waals surface area contributed by atoms with E-state index >= 15 is 0 Å². The Morgan fingerprint density at radius 3 is 2.00 bits per heavy atom. The van der Waals surface area contributed by atoms with Crippen LogP contribution >= 0.6 is 0 Å². The van der Waals surface area contributed by atoms with Gasteiger partial charge in [-0.1, -0.05) is 34.1 Å². The molecule has 0 aromatic heterocycles. The highest BCUT2D eigenvalue weighted by Gasteiger charge is 2.46. The second-order valence-corrected chi connectivity index (χ2v) is 4.94. The van der Waals surface area contributed by atoms with E-state index in [1.807, 2.05) is 13.8 Å². The van der Waals surface area contributed by atoms with E-state index in [2.05, 4.69) is 18.7 Å². The predicted octanol–water partition coefficient (Wildman–Crippen LogP) is 3.93. The molecule has 1 unspecified atom stereocenters. The van der Waals surface area contributed by atoms with Crippen LogP contribution in [0.15, 0.2) is 0 Å². The van der Waals surface area contributed by atoms with Gasteiger partial charge in [-0.15, -0.1) is 0 Å². The third-order valence-corrected chi connectivity index (χ3v) is 4.65. The summed E-state index contributed by atoms with van der Waals surface area (Å²) in [5.41, 5.74) is 0.806. The van der Waals surface area contributed by atoms with Gasteiger partial charge in [0.1, 0.15) is 0 Å². The summed E-state index contributed by atoms with van der Waals surface area (Å²) in [5.74, 6) is 1.08. The summed E-state index contributed by atoms with van der Waals surface area (Å²) in [4.78, 5) is 2.61. The van der Waals surface area contributed by atoms with Gasteiger partial charge < -0.3 is 4.90 Å². The van der Waals surface area contributed by atoms with Crippen LogP contribution in [-0.4, -0.2) is 24.5 Å². The largest absolute Gasteiger partial charge is 0.304 e. The lowest BCUT2D eigenvalue weighted by molar-refractivity contribution is -0.0344. The quantitative estimate of drug-likeness (QED) is 0.669. The Labute approximate surface area is 96.2 Å². The zero-order chi connectivity index (χ0) is 11.3. The summed E-state index contributed by atoms with van der Waals surface area (Å²) in [5, 5.41) is 0. The summed E-state index contributed by atoms with van der Waals surface area (Å²) < 4.78 is 0. The van der Waals surface area contributed by atoms with Gasteiger partial charge >= 0.3 is 0 Å². The maximum Gasteiger partial charge on any atom is -0.00134 e. The molecule has 90 valence electrons. The van der Waals surface area contributed by atoms with E-state index in [4.69, 9.17) is 0 Å².